The van der Waals surface area contributed by atoms with Gasteiger partial charge in [0, 0.05) is 36.0 Å². The summed E-state index contributed by atoms with van der Waals surface area (Å²) in [5.74, 6) is 3.20. The van der Waals surface area contributed by atoms with Crippen LogP contribution in [0.2, 0.25) is 0 Å². The van der Waals surface area contributed by atoms with Gasteiger partial charge in [0.1, 0.15) is 35.4 Å². The molecule has 0 spiro atoms. The van der Waals surface area contributed by atoms with Crippen LogP contribution in [0.4, 0.5) is 0 Å². The van der Waals surface area contributed by atoms with Crippen molar-refractivity contribution in [2.45, 2.75) is 45.4 Å². The van der Waals surface area contributed by atoms with Crippen LogP contribution in [-0.4, -0.2) is 27.0 Å². The van der Waals surface area contributed by atoms with Gasteiger partial charge < -0.3 is 34.6 Å². The average Bonchev–Trinajstić information content (AvgIpc) is 3.39. The standard InChI is InChI=1S/C21H20O3.C21H20O2.C20H18O2/c1-15-13-19(14-22)24-20(21(15)23)12-9-16-7-10-18(11-8-16)17-5-3-2-4-6-17;1-15-14-16(2)23-20(21(15)22)13-10-17-8-11-19(12-9-17)18-6-4-3-5-7-18;1-15-13-14-22-19(20(15)21)12-9-16-7-10-18(11-8-16)17-5-3-2-4-6-17/h2-8,10-11,13,22-23H,1,9,12,14H2;3-9,11-12,14,22H,1,10,13H2,2H3;2-8,10-11,13-14,21H,1,9,12H2. The van der Waals surface area contributed by atoms with Gasteiger partial charge in [-0.3, -0.25) is 0 Å². The summed E-state index contributed by atoms with van der Waals surface area (Å²) in [6, 6.07) is 56.2. The molecule has 0 radical (unpaired) electrons. The van der Waals surface area contributed by atoms with Gasteiger partial charge in [0.2, 0.25) is 0 Å². The average molecular weight is 915 g/mol. The minimum absolute atomic E-state index is 0.0631. The zero-order chi connectivity index (χ0) is 48.5. The van der Waals surface area contributed by atoms with Gasteiger partial charge in [-0.1, -0.05) is 184 Å². The Morgan fingerprint density at radius 3 is 1.14 bits per heavy atom. The number of aliphatic hydroxyl groups is 4. The summed E-state index contributed by atoms with van der Waals surface area (Å²) in [7, 11) is 0. The molecule has 3 aliphatic rings. The van der Waals surface area contributed by atoms with E-state index in [9.17, 15) is 20.4 Å². The van der Waals surface area contributed by atoms with E-state index in [0.29, 0.717) is 59.0 Å². The van der Waals surface area contributed by atoms with Crippen molar-refractivity contribution in [1.82, 2.24) is 0 Å². The van der Waals surface area contributed by atoms with E-state index in [2.05, 4.69) is 129 Å². The highest BCUT2D eigenvalue weighted by molar-refractivity contribution is 5.65. The Kier molecular flexibility index (Phi) is 16.9. The third kappa shape index (κ3) is 13.7. The maximum atomic E-state index is 10.1. The molecule has 69 heavy (non-hydrogen) atoms. The molecular weight excluding hydrogens is 857 g/mol. The highest BCUT2D eigenvalue weighted by atomic mass is 16.5. The third-order valence-corrected chi connectivity index (χ3v) is 11.7. The van der Waals surface area contributed by atoms with Gasteiger partial charge in [-0.15, -0.1) is 0 Å². The first-order chi connectivity index (χ1) is 33.5. The predicted molar refractivity (Wildman–Crippen MR) is 278 cm³/mol. The molecule has 6 aromatic rings. The Morgan fingerprint density at radius 2 is 0.739 bits per heavy atom. The molecule has 3 aliphatic heterocycles. The minimum Gasteiger partial charge on any atom is -0.504 e. The predicted octanol–water partition coefficient (Wildman–Crippen LogP) is 15.2. The first-order valence-corrected chi connectivity index (χ1v) is 23.0. The lowest BCUT2D eigenvalue weighted by Gasteiger charge is -2.19. The van der Waals surface area contributed by atoms with Crippen molar-refractivity contribution in [3.8, 4) is 33.4 Å². The molecule has 0 saturated heterocycles. The molecule has 6 aromatic carbocycles. The van der Waals surface area contributed by atoms with E-state index in [1.165, 1.54) is 44.5 Å². The summed E-state index contributed by atoms with van der Waals surface area (Å²) in [6.45, 7) is 13.0. The van der Waals surface area contributed by atoms with Crippen molar-refractivity contribution < 1.29 is 34.6 Å². The van der Waals surface area contributed by atoms with Crippen LogP contribution in [0.5, 0.6) is 0 Å². The second kappa shape index (κ2) is 24.0. The van der Waals surface area contributed by atoms with Gasteiger partial charge in [-0.2, -0.15) is 0 Å². The van der Waals surface area contributed by atoms with Gasteiger partial charge in [-0.25, -0.2) is 0 Å². The largest absolute Gasteiger partial charge is 0.504 e. The molecule has 0 atom stereocenters. The van der Waals surface area contributed by atoms with Crippen LogP contribution in [0.3, 0.4) is 0 Å². The molecule has 348 valence electrons. The van der Waals surface area contributed by atoms with Crippen molar-refractivity contribution in [2.75, 3.05) is 6.61 Å². The van der Waals surface area contributed by atoms with Gasteiger partial charge in [0.25, 0.3) is 0 Å². The number of hydrogen-bond donors (Lipinski definition) is 4. The molecule has 0 aromatic heterocycles. The van der Waals surface area contributed by atoms with E-state index in [1.807, 2.05) is 61.5 Å². The van der Waals surface area contributed by atoms with Gasteiger partial charge in [0.05, 0.1) is 6.26 Å². The lowest BCUT2D eigenvalue weighted by molar-refractivity contribution is 0.190. The fraction of sp³-hybridized carbons (Fsp3) is 0.129. The molecular formula is C62H58O7. The smallest absolute Gasteiger partial charge is 0.160 e. The maximum Gasteiger partial charge on any atom is 0.160 e. The van der Waals surface area contributed by atoms with E-state index in [-0.39, 0.29) is 23.9 Å². The van der Waals surface area contributed by atoms with E-state index in [1.54, 1.807) is 24.5 Å². The van der Waals surface area contributed by atoms with Crippen molar-refractivity contribution in [2.24, 2.45) is 0 Å². The topological polar surface area (TPSA) is 109 Å². The molecule has 0 aliphatic carbocycles. The van der Waals surface area contributed by atoms with Crippen LogP contribution in [0.25, 0.3) is 33.4 Å². The molecule has 0 bridgehead atoms. The number of allylic oxidation sites excluding steroid dienone is 7. The lowest BCUT2D eigenvalue weighted by atomic mass is 10.0. The number of benzene rings is 6. The normalized spacial score (nSPS) is 14.3. The Balaban J connectivity index is 0.000000153. The van der Waals surface area contributed by atoms with Crippen LogP contribution in [0, 0.1) is 0 Å². The minimum atomic E-state index is -0.207. The molecule has 0 saturated carbocycles. The van der Waals surface area contributed by atoms with Gasteiger partial charge >= 0.3 is 0 Å². The summed E-state index contributed by atoms with van der Waals surface area (Å²) in [5, 5.41) is 39.2. The number of ether oxygens (including phenoxy) is 3. The SMILES string of the molecule is C=C1C=C(C)OC(CCc2ccc(-c3ccccc3)cc2)=C1O.C=C1C=C(CO)OC(CCc2ccc(-c3ccccc3)cc2)=C1O.C=C1C=COC(CCc2ccc(-c3ccccc3)cc2)=C1O. The van der Waals surface area contributed by atoms with Crippen LogP contribution in [0.15, 0.2) is 271 Å². The highest BCUT2D eigenvalue weighted by Crippen LogP contribution is 2.30. The first kappa shape index (κ1) is 48.7. The van der Waals surface area contributed by atoms with E-state index in [4.69, 9.17) is 14.2 Å². The quantitative estimate of drug-likeness (QED) is 0.0914. The molecule has 7 nitrogen and oxygen atoms in total. The summed E-state index contributed by atoms with van der Waals surface area (Å²) in [6.07, 6.45) is 10.7. The van der Waals surface area contributed by atoms with Gasteiger partial charge in [0.15, 0.2) is 17.3 Å². The highest BCUT2D eigenvalue weighted by Gasteiger charge is 2.19. The molecule has 3 heterocycles. The third-order valence-electron chi connectivity index (χ3n) is 11.7. The van der Waals surface area contributed by atoms with Crippen LogP contribution < -0.4 is 0 Å². The Hall–Kier alpha value is -8.26. The summed E-state index contributed by atoms with van der Waals surface area (Å²) >= 11 is 0. The molecule has 0 amide bonds. The molecule has 0 fully saturated rings. The van der Waals surface area contributed by atoms with Crippen molar-refractivity contribution in [3.05, 3.63) is 288 Å². The number of rotatable bonds is 13. The molecule has 0 unspecified atom stereocenters. The van der Waals surface area contributed by atoms with Crippen molar-refractivity contribution in [3.63, 3.8) is 0 Å². The Labute approximate surface area is 406 Å². The monoisotopic (exact) mass is 914 g/mol. The zero-order valence-electron chi connectivity index (χ0n) is 39.0. The lowest BCUT2D eigenvalue weighted by Crippen LogP contribution is -2.08. The van der Waals surface area contributed by atoms with Crippen molar-refractivity contribution in [1.29, 1.82) is 0 Å². The summed E-state index contributed by atoms with van der Waals surface area (Å²) in [5.41, 5.74) is 12.5. The first-order valence-electron chi connectivity index (χ1n) is 23.0. The molecule has 4 N–H and O–H groups in total. The number of aryl methyl sites for hydroxylation is 3. The number of aliphatic hydroxyl groups excluding tert-OH is 4. The molecule has 7 heteroatoms. The summed E-state index contributed by atoms with van der Waals surface area (Å²) in [4.78, 5) is 0. The molecule has 9 rings (SSSR count). The van der Waals surface area contributed by atoms with Crippen LogP contribution in [-0.2, 0) is 33.5 Å². The maximum absolute atomic E-state index is 10.1. The van der Waals surface area contributed by atoms with Crippen LogP contribution in [0.1, 0.15) is 42.9 Å². The van der Waals surface area contributed by atoms with E-state index in [0.717, 1.165) is 30.6 Å². The fourth-order valence-corrected chi connectivity index (χ4v) is 7.81. The second-order valence-corrected chi connectivity index (χ2v) is 16.7. The van der Waals surface area contributed by atoms with E-state index >= 15 is 0 Å². The van der Waals surface area contributed by atoms with Crippen molar-refractivity contribution >= 4 is 0 Å². The van der Waals surface area contributed by atoms with Gasteiger partial charge in [-0.05, 0) is 94.5 Å². The summed E-state index contributed by atoms with van der Waals surface area (Å²) < 4.78 is 16.5. The second-order valence-electron chi connectivity index (χ2n) is 16.7. The number of hydrogen-bond acceptors (Lipinski definition) is 7. The zero-order valence-corrected chi connectivity index (χ0v) is 39.0. The van der Waals surface area contributed by atoms with E-state index < -0.39 is 0 Å². The Morgan fingerprint density at radius 1 is 0.391 bits per heavy atom. The fourth-order valence-electron chi connectivity index (χ4n) is 7.81. The van der Waals surface area contributed by atoms with Crippen LogP contribution >= 0.6 is 0 Å². The Bertz CT molecular complexity index is 2920.